The number of hydrogen-bond acceptors (Lipinski definition) is 2. The van der Waals surface area contributed by atoms with Crippen molar-refractivity contribution in [1.29, 1.82) is 0 Å². The molecule has 1 heterocycles. The van der Waals surface area contributed by atoms with Crippen LogP contribution in [0.15, 0.2) is 18.2 Å². The zero-order valence-electron chi connectivity index (χ0n) is 11.5. The lowest BCUT2D eigenvalue weighted by atomic mass is 10.0. The lowest BCUT2D eigenvalue weighted by Crippen LogP contribution is -2.34. The van der Waals surface area contributed by atoms with Gasteiger partial charge >= 0.3 is 0 Å². The summed E-state index contributed by atoms with van der Waals surface area (Å²) in [7, 11) is 0. The highest BCUT2D eigenvalue weighted by Crippen LogP contribution is 2.36. The van der Waals surface area contributed by atoms with Crippen molar-refractivity contribution in [2.45, 2.75) is 39.7 Å². The highest BCUT2D eigenvalue weighted by molar-refractivity contribution is 6.04. The summed E-state index contributed by atoms with van der Waals surface area (Å²) in [5.41, 5.74) is 3.52. The fourth-order valence-electron chi connectivity index (χ4n) is 2.52. The van der Waals surface area contributed by atoms with Crippen LogP contribution in [-0.2, 0) is 11.2 Å². The Morgan fingerprint density at radius 1 is 1.28 bits per heavy atom. The van der Waals surface area contributed by atoms with Crippen LogP contribution < -0.4 is 10.2 Å². The molecule has 98 valence electrons. The van der Waals surface area contributed by atoms with Crippen LogP contribution in [0.2, 0.25) is 0 Å². The Labute approximate surface area is 109 Å². The second-order valence-electron chi connectivity index (χ2n) is 4.72. The smallest absolute Gasteiger partial charge is 0.248 e. The van der Waals surface area contributed by atoms with Gasteiger partial charge in [0, 0.05) is 17.8 Å². The minimum absolute atomic E-state index is 0.147. The van der Waals surface area contributed by atoms with Crippen molar-refractivity contribution in [2.24, 2.45) is 0 Å². The minimum atomic E-state index is -0.147. The van der Waals surface area contributed by atoms with Crippen molar-refractivity contribution in [2.75, 3.05) is 18.0 Å². The van der Waals surface area contributed by atoms with E-state index < -0.39 is 0 Å². The number of likely N-dealkylation sites (N-methyl/N-ethyl adjacent to an activating group) is 1. The SMILES string of the molecule is CCCNC1C(=O)N(CC)c2ccc(CC)cc21. The van der Waals surface area contributed by atoms with Crippen LogP contribution in [0.5, 0.6) is 0 Å². The molecule has 18 heavy (non-hydrogen) atoms. The van der Waals surface area contributed by atoms with E-state index in [1.54, 1.807) is 0 Å². The van der Waals surface area contributed by atoms with Gasteiger partial charge in [-0.15, -0.1) is 0 Å². The summed E-state index contributed by atoms with van der Waals surface area (Å²) in [6.45, 7) is 7.90. The molecule has 1 aliphatic rings. The van der Waals surface area contributed by atoms with Gasteiger partial charge in [-0.05, 0) is 37.9 Å². The molecule has 1 aromatic rings. The minimum Gasteiger partial charge on any atom is -0.311 e. The number of nitrogens with one attached hydrogen (secondary N) is 1. The Kier molecular flexibility index (Phi) is 4.02. The van der Waals surface area contributed by atoms with E-state index in [1.807, 2.05) is 11.8 Å². The maximum Gasteiger partial charge on any atom is 0.248 e. The van der Waals surface area contributed by atoms with E-state index in [9.17, 15) is 4.79 Å². The molecule has 1 aliphatic heterocycles. The zero-order chi connectivity index (χ0) is 13.1. The molecule has 0 aliphatic carbocycles. The first kappa shape index (κ1) is 13.1. The molecular weight excluding hydrogens is 224 g/mol. The number of aryl methyl sites for hydroxylation is 1. The third-order valence-electron chi connectivity index (χ3n) is 3.53. The van der Waals surface area contributed by atoms with Crippen molar-refractivity contribution >= 4 is 11.6 Å². The summed E-state index contributed by atoms with van der Waals surface area (Å²) in [4.78, 5) is 14.2. The predicted octanol–water partition coefficient (Wildman–Crippen LogP) is 2.66. The van der Waals surface area contributed by atoms with Crippen LogP contribution in [0.4, 0.5) is 5.69 Å². The Morgan fingerprint density at radius 2 is 2.06 bits per heavy atom. The van der Waals surface area contributed by atoms with Gasteiger partial charge in [-0.1, -0.05) is 26.0 Å². The largest absolute Gasteiger partial charge is 0.311 e. The van der Waals surface area contributed by atoms with E-state index in [0.717, 1.165) is 37.2 Å². The molecular formula is C15H22N2O. The molecule has 1 amide bonds. The summed E-state index contributed by atoms with van der Waals surface area (Å²) < 4.78 is 0. The van der Waals surface area contributed by atoms with E-state index in [0.29, 0.717) is 0 Å². The average Bonchev–Trinajstić information content (AvgIpc) is 2.67. The molecule has 3 heteroatoms. The molecule has 0 spiro atoms. The number of hydrogen-bond donors (Lipinski definition) is 1. The first-order chi connectivity index (χ1) is 8.72. The van der Waals surface area contributed by atoms with Gasteiger partial charge in [-0.25, -0.2) is 0 Å². The number of nitrogens with zero attached hydrogens (tertiary/aromatic N) is 1. The van der Waals surface area contributed by atoms with E-state index in [4.69, 9.17) is 0 Å². The quantitative estimate of drug-likeness (QED) is 0.866. The Morgan fingerprint density at radius 3 is 2.67 bits per heavy atom. The topological polar surface area (TPSA) is 32.3 Å². The molecule has 1 unspecified atom stereocenters. The van der Waals surface area contributed by atoms with Gasteiger partial charge in [0.1, 0.15) is 6.04 Å². The monoisotopic (exact) mass is 246 g/mol. The first-order valence-corrected chi connectivity index (χ1v) is 6.90. The van der Waals surface area contributed by atoms with Crippen LogP contribution in [0.25, 0.3) is 0 Å². The molecule has 0 radical (unpaired) electrons. The number of anilines is 1. The fourth-order valence-corrected chi connectivity index (χ4v) is 2.52. The van der Waals surface area contributed by atoms with Crippen LogP contribution in [-0.4, -0.2) is 19.0 Å². The van der Waals surface area contributed by atoms with Gasteiger partial charge in [-0.3, -0.25) is 4.79 Å². The molecule has 1 N–H and O–H groups in total. The van der Waals surface area contributed by atoms with Crippen molar-refractivity contribution in [3.8, 4) is 0 Å². The van der Waals surface area contributed by atoms with Gasteiger partial charge in [0.25, 0.3) is 0 Å². The van der Waals surface area contributed by atoms with Gasteiger partial charge in [-0.2, -0.15) is 0 Å². The second-order valence-corrected chi connectivity index (χ2v) is 4.72. The number of amides is 1. The van der Waals surface area contributed by atoms with E-state index in [-0.39, 0.29) is 11.9 Å². The van der Waals surface area contributed by atoms with Gasteiger partial charge < -0.3 is 10.2 Å². The molecule has 0 bridgehead atoms. The van der Waals surface area contributed by atoms with Gasteiger partial charge in [0.2, 0.25) is 5.91 Å². The predicted molar refractivity (Wildman–Crippen MR) is 74.9 cm³/mol. The third-order valence-corrected chi connectivity index (χ3v) is 3.53. The van der Waals surface area contributed by atoms with E-state index in [1.165, 1.54) is 5.56 Å². The molecule has 0 aromatic heterocycles. The lowest BCUT2D eigenvalue weighted by Gasteiger charge is -2.15. The summed E-state index contributed by atoms with van der Waals surface area (Å²) in [5, 5.41) is 3.36. The molecule has 2 rings (SSSR count). The highest BCUT2D eigenvalue weighted by Gasteiger charge is 2.35. The average molecular weight is 246 g/mol. The number of benzene rings is 1. The van der Waals surface area contributed by atoms with Crippen molar-refractivity contribution in [3.63, 3.8) is 0 Å². The zero-order valence-corrected chi connectivity index (χ0v) is 11.5. The third kappa shape index (κ3) is 2.15. The maximum absolute atomic E-state index is 12.4. The van der Waals surface area contributed by atoms with Gasteiger partial charge in [0.05, 0.1) is 0 Å². The summed E-state index contributed by atoms with van der Waals surface area (Å²) in [6, 6.07) is 6.24. The van der Waals surface area contributed by atoms with Crippen LogP contribution in [0.1, 0.15) is 44.4 Å². The van der Waals surface area contributed by atoms with Crippen molar-refractivity contribution in [1.82, 2.24) is 5.32 Å². The summed E-state index contributed by atoms with van der Waals surface area (Å²) >= 11 is 0. The van der Waals surface area contributed by atoms with E-state index >= 15 is 0 Å². The molecule has 0 saturated heterocycles. The summed E-state index contributed by atoms with van der Waals surface area (Å²) in [5.74, 6) is 0.189. The van der Waals surface area contributed by atoms with Gasteiger partial charge in [0.15, 0.2) is 0 Å². The number of fused-ring (bicyclic) bond motifs is 1. The van der Waals surface area contributed by atoms with Crippen molar-refractivity contribution in [3.05, 3.63) is 29.3 Å². The van der Waals surface area contributed by atoms with E-state index in [2.05, 4.69) is 37.4 Å². The van der Waals surface area contributed by atoms with Crippen LogP contribution in [0, 0.1) is 0 Å². The highest BCUT2D eigenvalue weighted by atomic mass is 16.2. The Balaban J connectivity index is 2.37. The molecule has 1 atom stereocenters. The molecule has 3 nitrogen and oxygen atoms in total. The number of carbonyl (C=O) groups excluding carboxylic acids is 1. The second kappa shape index (κ2) is 5.53. The Hall–Kier alpha value is -1.35. The summed E-state index contributed by atoms with van der Waals surface area (Å²) in [6.07, 6.45) is 2.05. The van der Waals surface area contributed by atoms with Crippen LogP contribution in [0.3, 0.4) is 0 Å². The lowest BCUT2D eigenvalue weighted by molar-refractivity contribution is -0.119. The van der Waals surface area contributed by atoms with Crippen LogP contribution >= 0.6 is 0 Å². The number of carbonyl (C=O) groups is 1. The Bertz CT molecular complexity index is 442. The van der Waals surface area contributed by atoms with Crippen molar-refractivity contribution < 1.29 is 4.79 Å². The first-order valence-electron chi connectivity index (χ1n) is 6.90. The molecule has 0 saturated carbocycles. The molecule has 0 fully saturated rings. The standard InChI is InChI=1S/C15H22N2O/c1-4-9-16-14-12-10-11(5-2)7-8-13(12)17(6-3)15(14)18/h7-8,10,14,16H,4-6,9H2,1-3H3. The normalized spacial score (nSPS) is 18.3. The molecule has 1 aromatic carbocycles. The number of rotatable bonds is 5. The fraction of sp³-hybridized carbons (Fsp3) is 0.533. The maximum atomic E-state index is 12.4.